The van der Waals surface area contributed by atoms with Gasteiger partial charge in [-0.1, -0.05) is 55.8 Å². The van der Waals surface area contributed by atoms with Gasteiger partial charge in [-0.15, -0.1) is 12.4 Å². The first-order chi connectivity index (χ1) is 11.1. The van der Waals surface area contributed by atoms with Gasteiger partial charge in [0.2, 0.25) is 0 Å². The molecule has 0 heterocycles. The van der Waals surface area contributed by atoms with E-state index < -0.39 is 0 Å². The fourth-order valence-electron chi connectivity index (χ4n) is 2.54. The Hall–Kier alpha value is -1.84. The molecule has 2 rings (SSSR count). The molecule has 0 spiro atoms. The second-order valence-corrected chi connectivity index (χ2v) is 5.68. The van der Waals surface area contributed by atoms with Crippen molar-refractivity contribution in [3.8, 4) is 0 Å². The maximum Gasteiger partial charge on any atom is 0.338 e. The summed E-state index contributed by atoms with van der Waals surface area (Å²) < 4.78 is 5.50. The summed E-state index contributed by atoms with van der Waals surface area (Å²) in [6.45, 7) is 9.49. The molecule has 0 saturated heterocycles. The number of rotatable bonds is 7. The number of ether oxygens (including phenoxy) is 1. The van der Waals surface area contributed by atoms with E-state index in [2.05, 4.69) is 24.8 Å². The van der Waals surface area contributed by atoms with Crippen LogP contribution in [0.1, 0.15) is 40.9 Å². The molecule has 0 aliphatic rings. The zero-order chi connectivity index (χ0) is 16.7. The number of hydrogen-bond acceptors (Lipinski definition) is 3. The molecule has 0 aliphatic carbocycles. The molecule has 0 fully saturated rings. The third kappa shape index (κ3) is 5.66. The summed E-state index contributed by atoms with van der Waals surface area (Å²) in [4.78, 5) is 14.5. The van der Waals surface area contributed by atoms with E-state index in [0.717, 1.165) is 30.8 Å². The van der Waals surface area contributed by atoms with Gasteiger partial charge in [-0.2, -0.15) is 0 Å². The van der Waals surface area contributed by atoms with E-state index in [1.165, 1.54) is 5.56 Å². The zero-order valence-electron chi connectivity index (χ0n) is 14.6. The van der Waals surface area contributed by atoms with Crippen molar-refractivity contribution in [2.24, 2.45) is 0 Å². The van der Waals surface area contributed by atoms with Crippen LogP contribution in [0.5, 0.6) is 0 Å². The average molecular weight is 348 g/mol. The number of carbonyl (C=O) groups is 1. The fourth-order valence-corrected chi connectivity index (χ4v) is 2.54. The molecule has 130 valence electrons. The number of halogens is 1. The van der Waals surface area contributed by atoms with Gasteiger partial charge in [0.25, 0.3) is 0 Å². The molecule has 0 amide bonds. The number of esters is 1. The van der Waals surface area contributed by atoms with Crippen LogP contribution in [0.2, 0.25) is 0 Å². The highest BCUT2D eigenvalue weighted by Crippen LogP contribution is 2.14. The molecule has 4 heteroatoms. The topological polar surface area (TPSA) is 29.5 Å². The molecule has 0 atom stereocenters. The van der Waals surface area contributed by atoms with E-state index >= 15 is 0 Å². The Morgan fingerprint density at radius 3 is 2.29 bits per heavy atom. The van der Waals surface area contributed by atoms with Crippen LogP contribution in [0.15, 0.2) is 48.5 Å². The first-order valence-corrected chi connectivity index (χ1v) is 8.17. The third-order valence-corrected chi connectivity index (χ3v) is 4.02. The molecular weight excluding hydrogens is 322 g/mol. The van der Waals surface area contributed by atoms with E-state index in [0.29, 0.717) is 12.2 Å². The molecule has 0 saturated carbocycles. The van der Waals surface area contributed by atoms with Crippen molar-refractivity contribution < 1.29 is 9.53 Å². The molecule has 2 aromatic rings. The fraction of sp³-hybridized carbons (Fsp3) is 0.350. The summed E-state index contributed by atoms with van der Waals surface area (Å²) in [5, 5.41) is 0. The van der Waals surface area contributed by atoms with Crippen molar-refractivity contribution in [2.45, 2.75) is 33.9 Å². The lowest BCUT2D eigenvalue weighted by atomic mass is 10.1. The molecule has 0 aromatic heterocycles. The largest absolute Gasteiger partial charge is 0.457 e. The lowest BCUT2D eigenvalue weighted by Gasteiger charge is -2.20. The van der Waals surface area contributed by atoms with Crippen LogP contribution < -0.4 is 0 Å². The smallest absolute Gasteiger partial charge is 0.338 e. The summed E-state index contributed by atoms with van der Waals surface area (Å²) >= 11 is 0. The average Bonchev–Trinajstić information content (AvgIpc) is 2.58. The number of benzene rings is 2. The summed E-state index contributed by atoms with van der Waals surface area (Å²) in [5.41, 5.74) is 3.95. The van der Waals surface area contributed by atoms with Crippen LogP contribution in [-0.4, -0.2) is 24.0 Å². The Balaban J connectivity index is 0.00000288. The normalized spacial score (nSPS) is 10.3. The summed E-state index contributed by atoms with van der Waals surface area (Å²) in [6, 6.07) is 15.6. The summed E-state index contributed by atoms with van der Waals surface area (Å²) in [7, 11) is 0. The maximum absolute atomic E-state index is 12.2. The van der Waals surface area contributed by atoms with Crippen molar-refractivity contribution >= 4 is 18.4 Å². The Morgan fingerprint density at radius 2 is 1.67 bits per heavy atom. The van der Waals surface area contributed by atoms with Crippen LogP contribution in [-0.2, 0) is 17.9 Å². The lowest BCUT2D eigenvalue weighted by molar-refractivity contribution is 0.0471. The minimum atomic E-state index is -0.272. The number of carbonyl (C=O) groups excluding carboxylic acids is 1. The summed E-state index contributed by atoms with van der Waals surface area (Å²) in [6.07, 6.45) is 0. The van der Waals surface area contributed by atoms with Gasteiger partial charge in [0, 0.05) is 6.54 Å². The molecule has 0 radical (unpaired) electrons. The van der Waals surface area contributed by atoms with Gasteiger partial charge < -0.3 is 4.74 Å². The highest BCUT2D eigenvalue weighted by atomic mass is 35.5. The van der Waals surface area contributed by atoms with E-state index in [1.54, 1.807) is 6.07 Å². The van der Waals surface area contributed by atoms with Crippen LogP contribution >= 0.6 is 12.4 Å². The van der Waals surface area contributed by atoms with E-state index in [-0.39, 0.29) is 18.4 Å². The van der Waals surface area contributed by atoms with Crippen LogP contribution in [0.25, 0.3) is 0 Å². The quantitative estimate of drug-likeness (QED) is 0.685. The Kier molecular flexibility index (Phi) is 8.51. The minimum Gasteiger partial charge on any atom is -0.457 e. The van der Waals surface area contributed by atoms with E-state index in [9.17, 15) is 4.79 Å². The van der Waals surface area contributed by atoms with E-state index in [4.69, 9.17) is 4.74 Å². The van der Waals surface area contributed by atoms with Crippen LogP contribution in [0, 0.1) is 6.92 Å². The van der Waals surface area contributed by atoms with Gasteiger partial charge in [-0.3, -0.25) is 4.90 Å². The van der Waals surface area contributed by atoms with Crippen molar-refractivity contribution in [2.75, 3.05) is 13.1 Å². The lowest BCUT2D eigenvalue weighted by Crippen LogP contribution is -2.23. The highest BCUT2D eigenvalue weighted by molar-refractivity contribution is 5.89. The van der Waals surface area contributed by atoms with Crippen molar-refractivity contribution in [3.63, 3.8) is 0 Å². The molecule has 0 unspecified atom stereocenters. The Labute approximate surface area is 151 Å². The number of aryl methyl sites for hydroxylation is 1. The van der Waals surface area contributed by atoms with Gasteiger partial charge in [-0.25, -0.2) is 4.79 Å². The monoisotopic (exact) mass is 347 g/mol. The predicted octanol–water partition coefficient (Wildman–Crippen LogP) is 4.62. The van der Waals surface area contributed by atoms with Gasteiger partial charge in [0.05, 0.1) is 5.56 Å². The molecule has 0 N–H and O–H groups in total. The van der Waals surface area contributed by atoms with E-state index in [1.807, 2.05) is 43.3 Å². The first-order valence-electron chi connectivity index (χ1n) is 8.17. The van der Waals surface area contributed by atoms with Crippen LogP contribution in [0.4, 0.5) is 0 Å². The Morgan fingerprint density at radius 1 is 1.00 bits per heavy atom. The van der Waals surface area contributed by atoms with Gasteiger partial charge in [0.15, 0.2) is 0 Å². The SMILES string of the molecule is CCN(CC)Cc1ccccc1COC(=O)c1cccc(C)c1.Cl. The van der Waals surface area contributed by atoms with Gasteiger partial charge >= 0.3 is 5.97 Å². The molecular formula is C20H26ClNO2. The molecule has 0 aliphatic heterocycles. The van der Waals surface area contributed by atoms with Gasteiger partial charge in [-0.05, 0) is 43.3 Å². The molecule has 24 heavy (non-hydrogen) atoms. The predicted molar refractivity (Wildman–Crippen MR) is 101 cm³/mol. The van der Waals surface area contributed by atoms with Crippen molar-refractivity contribution in [1.29, 1.82) is 0 Å². The molecule has 3 nitrogen and oxygen atoms in total. The maximum atomic E-state index is 12.2. The summed E-state index contributed by atoms with van der Waals surface area (Å²) in [5.74, 6) is -0.272. The highest BCUT2D eigenvalue weighted by Gasteiger charge is 2.10. The molecule has 0 bridgehead atoms. The standard InChI is InChI=1S/C20H25NO2.ClH/c1-4-21(5-2)14-18-10-6-7-11-19(18)15-23-20(22)17-12-8-9-16(3)13-17;/h6-13H,4-5,14-15H2,1-3H3;1H. The minimum absolute atomic E-state index is 0. The second-order valence-electron chi connectivity index (χ2n) is 5.68. The van der Waals surface area contributed by atoms with Crippen molar-refractivity contribution in [3.05, 3.63) is 70.8 Å². The third-order valence-electron chi connectivity index (χ3n) is 4.02. The molecule has 2 aromatic carbocycles. The van der Waals surface area contributed by atoms with Crippen LogP contribution in [0.3, 0.4) is 0 Å². The second kappa shape index (κ2) is 10.1. The number of hydrogen-bond donors (Lipinski definition) is 0. The zero-order valence-corrected chi connectivity index (χ0v) is 15.4. The Bertz CT molecular complexity index is 654. The first kappa shape index (κ1) is 20.2. The number of nitrogens with zero attached hydrogens (tertiary/aromatic N) is 1. The van der Waals surface area contributed by atoms with Crippen molar-refractivity contribution in [1.82, 2.24) is 4.90 Å². The van der Waals surface area contributed by atoms with Gasteiger partial charge in [0.1, 0.15) is 6.61 Å².